The zero-order chi connectivity index (χ0) is 25.2. The summed E-state index contributed by atoms with van der Waals surface area (Å²) in [5.41, 5.74) is 4.95. The first-order chi connectivity index (χ1) is 17.6. The van der Waals surface area contributed by atoms with Gasteiger partial charge in [-0.2, -0.15) is 5.10 Å². The number of methoxy groups -OCH3 is 1. The van der Waals surface area contributed by atoms with E-state index in [0.717, 1.165) is 21.9 Å². The van der Waals surface area contributed by atoms with Gasteiger partial charge in [0.05, 0.1) is 13.3 Å². The fraction of sp³-hybridized carbons (Fsp3) is 0.138. The van der Waals surface area contributed by atoms with Crippen LogP contribution in [0.25, 0.3) is 10.8 Å². The Balaban J connectivity index is 1.28. The van der Waals surface area contributed by atoms with Gasteiger partial charge in [-0.3, -0.25) is 9.59 Å². The van der Waals surface area contributed by atoms with Crippen LogP contribution in [0, 0.1) is 0 Å². The molecule has 0 atom stereocenters. The standard InChI is InChI=1S/C29H27N3O4/c1-35-27-18-21(19-30-32-29(34)17-16-28(33)31-24-11-3-2-4-12-24)14-15-26(27)36-20-23-10-7-9-22-8-5-6-13-25(22)23/h2-15,18-19H,16-17,20H2,1H3,(H,31,33)(H,32,34). The predicted molar refractivity (Wildman–Crippen MR) is 141 cm³/mol. The summed E-state index contributed by atoms with van der Waals surface area (Å²) < 4.78 is 11.5. The van der Waals surface area contributed by atoms with Gasteiger partial charge >= 0.3 is 0 Å². The molecule has 7 nitrogen and oxygen atoms in total. The summed E-state index contributed by atoms with van der Waals surface area (Å²) in [4.78, 5) is 24.0. The summed E-state index contributed by atoms with van der Waals surface area (Å²) in [6.07, 6.45) is 1.60. The average molecular weight is 482 g/mol. The third-order valence-corrected chi connectivity index (χ3v) is 5.49. The molecule has 7 heteroatoms. The first kappa shape index (κ1) is 24.5. The van der Waals surface area contributed by atoms with Crippen molar-refractivity contribution in [3.8, 4) is 11.5 Å². The molecule has 0 saturated carbocycles. The number of carbonyl (C=O) groups is 2. The second-order valence-corrected chi connectivity index (χ2v) is 8.04. The maximum absolute atomic E-state index is 12.0. The lowest BCUT2D eigenvalue weighted by Crippen LogP contribution is -2.20. The molecule has 182 valence electrons. The van der Waals surface area contributed by atoms with Crippen LogP contribution >= 0.6 is 0 Å². The summed E-state index contributed by atoms with van der Waals surface area (Å²) in [5, 5.41) is 9.04. The number of hydrazone groups is 1. The van der Waals surface area contributed by atoms with Crippen molar-refractivity contribution in [1.29, 1.82) is 0 Å². The lowest BCUT2D eigenvalue weighted by atomic mass is 10.1. The van der Waals surface area contributed by atoms with Gasteiger partial charge in [0.2, 0.25) is 11.8 Å². The van der Waals surface area contributed by atoms with Crippen molar-refractivity contribution in [2.45, 2.75) is 19.4 Å². The number of benzene rings is 4. The number of carbonyl (C=O) groups excluding carboxylic acids is 2. The second kappa shape index (κ2) is 12.2. The first-order valence-electron chi connectivity index (χ1n) is 11.6. The van der Waals surface area contributed by atoms with Gasteiger partial charge in [0.25, 0.3) is 0 Å². The van der Waals surface area contributed by atoms with Crippen LogP contribution in [0.1, 0.15) is 24.0 Å². The van der Waals surface area contributed by atoms with Crippen LogP contribution in [-0.4, -0.2) is 25.1 Å². The molecule has 0 aliphatic heterocycles. The zero-order valence-electron chi connectivity index (χ0n) is 19.9. The molecule has 0 unspecified atom stereocenters. The molecular formula is C29H27N3O4. The van der Waals surface area contributed by atoms with Crippen molar-refractivity contribution >= 4 is 34.5 Å². The van der Waals surface area contributed by atoms with E-state index in [1.165, 1.54) is 6.21 Å². The van der Waals surface area contributed by atoms with Crippen molar-refractivity contribution in [2.75, 3.05) is 12.4 Å². The third-order valence-electron chi connectivity index (χ3n) is 5.49. The molecule has 36 heavy (non-hydrogen) atoms. The van der Waals surface area contributed by atoms with Crippen molar-refractivity contribution in [3.05, 3.63) is 102 Å². The molecular weight excluding hydrogens is 454 g/mol. The molecule has 4 aromatic rings. The normalized spacial score (nSPS) is 10.8. The number of hydrogen-bond donors (Lipinski definition) is 2. The van der Waals surface area contributed by atoms with E-state index in [9.17, 15) is 9.59 Å². The topological polar surface area (TPSA) is 89.0 Å². The number of amides is 2. The largest absolute Gasteiger partial charge is 0.493 e. The van der Waals surface area contributed by atoms with E-state index in [0.29, 0.717) is 23.8 Å². The van der Waals surface area contributed by atoms with Gasteiger partial charge in [0, 0.05) is 18.5 Å². The fourth-order valence-electron chi connectivity index (χ4n) is 3.66. The van der Waals surface area contributed by atoms with E-state index in [1.807, 2.05) is 48.5 Å². The molecule has 0 bridgehead atoms. The summed E-state index contributed by atoms with van der Waals surface area (Å²) in [5.74, 6) is 0.583. The summed E-state index contributed by atoms with van der Waals surface area (Å²) in [6, 6.07) is 28.8. The number of hydrogen-bond acceptors (Lipinski definition) is 5. The Kier molecular flexibility index (Phi) is 8.27. The SMILES string of the molecule is COc1cc(C=NNC(=O)CCC(=O)Nc2ccccc2)ccc1OCc1cccc2ccccc12. The molecule has 2 amide bonds. The lowest BCUT2D eigenvalue weighted by molar-refractivity contribution is -0.124. The van der Waals surface area contributed by atoms with Crippen LogP contribution in [0.4, 0.5) is 5.69 Å². The van der Waals surface area contributed by atoms with Gasteiger partial charge in [-0.25, -0.2) is 5.43 Å². The van der Waals surface area contributed by atoms with Crippen LogP contribution in [0.15, 0.2) is 96.1 Å². The van der Waals surface area contributed by atoms with Gasteiger partial charge in [0.1, 0.15) is 6.61 Å². The quantitative estimate of drug-likeness (QED) is 0.238. The Morgan fingerprint density at radius 2 is 1.58 bits per heavy atom. The van der Waals surface area contributed by atoms with Gasteiger partial charge in [-0.15, -0.1) is 0 Å². The highest BCUT2D eigenvalue weighted by Gasteiger charge is 2.09. The van der Waals surface area contributed by atoms with Gasteiger partial charge in [-0.05, 0) is 52.2 Å². The maximum atomic E-state index is 12.0. The molecule has 2 N–H and O–H groups in total. The van der Waals surface area contributed by atoms with Crippen LogP contribution in [0.5, 0.6) is 11.5 Å². The highest BCUT2D eigenvalue weighted by atomic mass is 16.5. The van der Waals surface area contributed by atoms with E-state index in [1.54, 1.807) is 31.4 Å². The summed E-state index contributed by atoms with van der Waals surface area (Å²) >= 11 is 0. The van der Waals surface area contributed by atoms with Crippen molar-refractivity contribution in [2.24, 2.45) is 5.10 Å². The Labute approximate surface area is 209 Å². The number of fused-ring (bicyclic) bond motifs is 1. The number of anilines is 1. The Morgan fingerprint density at radius 3 is 2.42 bits per heavy atom. The second-order valence-electron chi connectivity index (χ2n) is 8.04. The van der Waals surface area contributed by atoms with Gasteiger partial charge in [-0.1, -0.05) is 60.7 Å². The number of nitrogens with one attached hydrogen (secondary N) is 2. The van der Waals surface area contributed by atoms with E-state index in [-0.39, 0.29) is 24.7 Å². The molecule has 0 saturated heterocycles. The highest BCUT2D eigenvalue weighted by Crippen LogP contribution is 2.29. The third kappa shape index (κ3) is 6.70. The lowest BCUT2D eigenvalue weighted by Gasteiger charge is -2.12. The molecule has 0 aromatic heterocycles. The number of nitrogens with zero attached hydrogens (tertiary/aromatic N) is 1. The molecule has 4 rings (SSSR count). The van der Waals surface area contributed by atoms with Gasteiger partial charge in [0.15, 0.2) is 11.5 Å². The maximum Gasteiger partial charge on any atom is 0.240 e. The minimum absolute atomic E-state index is 0.0280. The molecule has 0 radical (unpaired) electrons. The van der Waals surface area contributed by atoms with Crippen LogP contribution in [-0.2, 0) is 16.2 Å². The molecule has 0 aliphatic rings. The van der Waals surface area contributed by atoms with Crippen molar-refractivity contribution in [3.63, 3.8) is 0 Å². The minimum atomic E-state index is -0.350. The van der Waals surface area contributed by atoms with Crippen molar-refractivity contribution < 1.29 is 19.1 Å². The van der Waals surface area contributed by atoms with Crippen LogP contribution in [0.3, 0.4) is 0 Å². The summed E-state index contributed by atoms with van der Waals surface area (Å²) in [6.45, 7) is 0.402. The fourth-order valence-corrected chi connectivity index (χ4v) is 3.66. The summed E-state index contributed by atoms with van der Waals surface area (Å²) in [7, 11) is 1.57. The number of rotatable bonds is 10. The zero-order valence-corrected chi connectivity index (χ0v) is 19.9. The smallest absolute Gasteiger partial charge is 0.240 e. The molecule has 0 fully saturated rings. The van der Waals surface area contributed by atoms with E-state index < -0.39 is 0 Å². The molecule has 0 heterocycles. The highest BCUT2D eigenvalue weighted by molar-refractivity contribution is 5.93. The van der Waals surface area contributed by atoms with Gasteiger partial charge < -0.3 is 14.8 Å². The minimum Gasteiger partial charge on any atom is -0.493 e. The molecule has 4 aromatic carbocycles. The molecule has 0 aliphatic carbocycles. The number of para-hydroxylation sites is 1. The number of ether oxygens (including phenoxy) is 2. The predicted octanol–water partition coefficient (Wildman–Crippen LogP) is 5.30. The van der Waals surface area contributed by atoms with E-state index in [4.69, 9.17) is 9.47 Å². The van der Waals surface area contributed by atoms with E-state index in [2.05, 4.69) is 34.0 Å². The Bertz CT molecular complexity index is 1360. The molecule has 0 spiro atoms. The van der Waals surface area contributed by atoms with Crippen LogP contribution < -0.4 is 20.2 Å². The monoisotopic (exact) mass is 481 g/mol. The first-order valence-corrected chi connectivity index (χ1v) is 11.6. The average Bonchev–Trinajstić information content (AvgIpc) is 2.91. The van der Waals surface area contributed by atoms with Crippen molar-refractivity contribution in [1.82, 2.24) is 5.43 Å². The van der Waals surface area contributed by atoms with E-state index >= 15 is 0 Å². The van der Waals surface area contributed by atoms with Crippen LogP contribution in [0.2, 0.25) is 0 Å². The Hall–Kier alpha value is -4.65. The Morgan fingerprint density at radius 1 is 0.833 bits per heavy atom.